The van der Waals surface area contributed by atoms with Gasteiger partial charge in [-0.25, -0.2) is 4.98 Å². The zero-order chi connectivity index (χ0) is 11.5. The number of nitrogens with one attached hydrogen (secondary N) is 1. The summed E-state index contributed by atoms with van der Waals surface area (Å²) in [5.74, 6) is 0.760. The number of hydrogen-bond donors (Lipinski definition) is 2. The van der Waals surface area contributed by atoms with Crippen LogP contribution in [0.15, 0.2) is 18.2 Å². The maximum atomic E-state index is 8.51. The molecule has 1 aromatic heterocycles. The highest BCUT2D eigenvalue weighted by atomic mass is 15.2. The van der Waals surface area contributed by atoms with E-state index < -0.39 is 0 Å². The average Bonchev–Trinajstić information content (AvgIpc) is 2.68. The lowest BCUT2D eigenvalue weighted by Crippen LogP contribution is -2.19. The van der Waals surface area contributed by atoms with Gasteiger partial charge in [0.05, 0.1) is 23.5 Å². The predicted octanol–water partition coefficient (Wildman–Crippen LogP) is 1.49. The first-order valence-electron chi connectivity index (χ1n) is 5.04. The van der Waals surface area contributed by atoms with Crippen molar-refractivity contribution in [3.8, 4) is 6.07 Å². The molecule has 0 atom stereocenters. The number of nitrogen functional groups attached to an aromatic ring is 1. The number of imidazole rings is 1. The highest BCUT2D eigenvalue weighted by Crippen LogP contribution is 2.18. The standard InChI is InChI=1S/C11H13N5/c1-16(6-2-5-12)11-14-9-4-3-8(13)7-10(9)15-11/h3-4,7H,2,6,13H2,1H3,(H,14,15). The van der Waals surface area contributed by atoms with Crippen LogP contribution in [0.5, 0.6) is 0 Å². The van der Waals surface area contributed by atoms with Crippen LogP contribution in [0.4, 0.5) is 11.6 Å². The molecule has 0 saturated carbocycles. The second-order valence-electron chi connectivity index (χ2n) is 3.67. The molecule has 1 aromatic carbocycles. The lowest BCUT2D eigenvalue weighted by molar-refractivity contribution is 0.874. The van der Waals surface area contributed by atoms with Crippen LogP contribution >= 0.6 is 0 Å². The zero-order valence-electron chi connectivity index (χ0n) is 9.07. The first-order valence-corrected chi connectivity index (χ1v) is 5.04. The molecule has 0 radical (unpaired) electrons. The van der Waals surface area contributed by atoms with E-state index in [0.717, 1.165) is 17.0 Å². The van der Waals surface area contributed by atoms with Gasteiger partial charge in [-0.1, -0.05) is 0 Å². The molecule has 2 rings (SSSR count). The molecule has 2 aromatic rings. The number of H-pyrrole nitrogens is 1. The van der Waals surface area contributed by atoms with Gasteiger partial charge in [0.1, 0.15) is 0 Å². The zero-order valence-corrected chi connectivity index (χ0v) is 9.07. The maximum absolute atomic E-state index is 8.51. The molecule has 0 aliphatic rings. The van der Waals surface area contributed by atoms with E-state index in [1.807, 2.05) is 30.1 Å². The molecule has 3 N–H and O–H groups in total. The van der Waals surface area contributed by atoms with E-state index in [2.05, 4.69) is 16.0 Å². The quantitative estimate of drug-likeness (QED) is 0.760. The number of aromatic amines is 1. The Morgan fingerprint density at radius 1 is 1.56 bits per heavy atom. The Morgan fingerprint density at radius 2 is 2.38 bits per heavy atom. The van der Waals surface area contributed by atoms with E-state index >= 15 is 0 Å². The summed E-state index contributed by atoms with van der Waals surface area (Å²) in [7, 11) is 1.90. The van der Waals surface area contributed by atoms with Gasteiger partial charge in [-0.2, -0.15) is 5.26 Å². The van der Waals surface area contributed by atoms with E-state index in [1.165, 1.54) is 0 Å². The molecule has 0 spiro atoms. The Morgan fingerprint density at radius 3 is 3.12 bits per heavy atom. The van der Waals surface area contributed by atoms with Gasteiger partial charge in [0.25, 0.3) is 0 Å². The summed E-state index contributed by atoms with van der Waals surface area (Å²) in [6.07, 6.45) is 0.482. The monoisotopic (exact) mass is 215 g/mol. The molecule has 5 heteroatoms. The molecule has 0 saturated heterocycles. The van der Waals surface area contributed by atoms with Crippen LogP contribution in [0.25, 0.3) is 11.0 Å². The normalized spacial score (nSPS) is 10.2. The van der Waals surface area contributed by atoms with Crippen molar-refractivity contribution in [3.05, 3.63) is 18.2 Å². The summed E-state index contributed by atoms with van der Waals surface area (Å²) >= 11 is 0. The molecule has 0 amide bonds. The third kappa shape index (κ3) is 1.91. The molecule has 5 nitrogen and oxygen atoms in total. The van der Waals surface area contributed by atoms with Gasteiger partial charge in [0, 0.05) is 19.3 Å². The molecular weight excluding hydrogens is 202 g/mol. The van der Waals surface area contributed by atoms with Crippen molar-refractivity contribution in [1.29, 1.82) is 5.26 Å². The maximum Gasteiger partial charge on any atom is 0.203 e. The highest BCUT2D eigenvalue weighted by molar-refractivity contribution is 5.80. The van der Waals surface area contributed by atoms with Gasteiger partial charge >= 0.3 is 0 Å². The third-order valence-corrected chi connectivity index (χ3v) is 2.41. The van der Waals surface area contributed by atoms with Crippen molar-refractivity contribution in [2.24, 2.45) is 0 Å². The van der Waals surface area contributed by atoms with Crippen LogP contribution in [0.3, 0.4) is 0 Å². The Kier molecular flexibility index (Phi) is 2.64. The number of hydrogen-bond acceptors (Lipinski definition) is 4. The number of aromatic nitrogens is 2. The molecule has 0 aliphatic carbocycles. The fourth-order valence-corrected chi connectivity index (χ4v) is 1.52. The lowest BCUT2D eigenvalue weighted by atomic mass is 10.3. The van der Waals surface area contributed by atoms with Crippen LogP contribution < -0.4 is 10.6 Å². The first kappa shape index (κ1) is 10.3. The van der Waals surface area contributed by atoms with Crippen LogP contribution in [0, 0.1) is 11.3 Å². The van der Waals surface area contributed by atoms with E-state index in [4.69, 9.17) is 11.0 Å². The molecule has 0 bridgehead atoms. The van der Waals surface area contributed by atoms with Crippen molar-refractivity contribution < 1.29 is 0 Å². The van der Waals surface area contributed by atoms with Crippen molar-refractivity contribution in [3.63, 3.8) is 0 Å². The topological polar surface area (TPSA) is 81.7 Å². The Labute approximate surface area is 93.5 Å². The Hall–Kier alpha value is -2.22. The van der Waals surface area contributed by atoms with Crippen LogP contribution in [0.2, 0.25) is 0 Å². The van der Waals surface area contributed by atoms with Gasteiger partial charge in [-0.3, -0.25) is 0 Å². The largest absolute Gasteiger partial charge is 0.399 e. The average molecular weight is 215 g/mol. The van der Waals surface area contributed by atoms with Gasteiger partial charge in [0.2, 0.25) is 5.95 Å². The van der Waals surface area contributed by atoms with Gasteiger partial charge < -0.3 is 15.6 Å². The second kappa shape index (κ2) is 4.11. The molecule has 16 heavy (non-hydrogen) atoms. The van der Waals surface area contributed by atoms with E-state index in [0.29, 0.717) is 18.7 Å². The summed E-state index contributed by atoms with van der Waals surface area (Å²) < 4.78 is 0. The van der Waals surface area contributed by atoms with Crippen LogP contribution in [-0.4, -0.2) is 23.6 Å². The summed E-state index contributed by atoms with van der Waals surface area (Å²) in [4.78, 5) is 9.50. The highest BCUT2D eigenvalue weighted by Gasteiger charge is 2.06. The first-order chi connectivity index (χ1) is 7.70. The van der Waals surface area contributed by atoms with E-state index in [-0.39, 0.29) is 0 Å². The number of anilines is 2. The summed E-state index contributed by atoms with van der Waals surface area (Å²) in [5, 5.41) is 8.51. The van der Waals surface area contributed by atoms with Crippen molar-refractivity contribution in [2.45, 2.75) is 6.42 Å². The number of nitrogens with zero attached hydrogens (tertiary/aromatic N) is 3. The van der Waals surface area contributed by atoms with Crippen molar-refractivity contribution >= 4 is 22.7 Å². The summed E-state index contributed by atoms with van der Waals surface area (Å²) in [6.45, 7) is 0.659. The number of fused-ring (bicyclic) bond motifs is 1. The number of nitrogens with two attached hydrogens (primary N) is 1. The number of rotatable bonds is 3. The van der Waals surface area contributed by atoms with Gasteiger partial charge in [0.15, 0.2) is 0 Å². The predicted molar refractivity (Wildman–Crippen MR) is 64.0 cm³/mol. The molecule has 1 heterocycles. The van der Waals surface area contributed by atoms with Crippen LogP contribution in [0.1, 0.15) is 6.42 Å². The Balaban J connectivity index is 2.29. The minimum Gasteiger partial charge on any atom is -0.399 e. The smallest absolute Gasteiger partial charge is 0.203 e. The lowest BCUT2D eigenvalue weighted by Gasteiger charge is -2.12. The summed E-state index contributed by atoms with van der Waals surface area (Å²) in [5.41, 5.74) is 8.19. The molecule has 0 aliphatic heterocycles. The second-order valence-corrected chi connectivity index (χ2v) is 3.67. The Bertz CT molecular complexity index is 537. The van der Waals surface area contributed by atoms with Crippen molar-refractivity contribution in [1.82, 2.24) is 9.97 Å². The fraction of sp³-hybridized carbons (Fsp3) is 0.273. The summed E-state index contributed by atoms with van der Waals surface area (Å²) in [6, 6.07) is 7.66. The molecular formula is C11H13N5. The van der Waals surface area contributed by atoms with E-state index in [1.54, 1.807) is 0 Å². The number of nitriles is 1. The minimum absolute atomic E-state index is 0.482. The third-order valence-electron chi connectivity index (χ3n) is 2.41. The molecule has 0 fully saturated rings. The minimum atomic E-state index is 0.482. The van der Waals surface area contributed by atoms with Crippen molar-refractivity contribution in [2.75, 3.05) is 24.2 Å². The van der Waals surface area contributed by atoms with Gasteiger partial charge in [-0.15, -0.1) is 0 Å². The fourth-order valence-electron chi connectivity index (χ4n) is 1.52. The van der Waals surface area contributed by atoms with E-state index in [9.17, 15) is 0 Å². The van der Waals surface area contributed by atoms with Crippen LogP contribution in [-0.2, 0) is 0 Å². The molecule has 82 valence electrons. The SMILES string of the molecule is CN(CCC#N)c1nc2ccc(N)cc2[nH]1. The number of benzene rings is 1. The van der Waals surface area contributed by atoms with Gasteiger partial charge in [-0.05, 0) is 18.2 Å². The molecule has 0 unspecified atom stereocenters.